The van der Waals surface area contributed by atoms with Gasteiger partial charge >= 0.3 is 0 Å². The van der Waals surface area contributed by atoms with Crippen LogP contribution in [0.4, 0.5) is 0 Å². The molecule has 0 N–H and O–H groups in total. The van der Waals surface area contributed by atoms with Crippen LogP contribution in [-0.2, 0) is 11.2 Å². The first-order valence-corrected chi connectivity index (χ1v) is 8.89. The Morgan fingerprint density at radius 1 is 1.30 bits per heavy atom. The molecule has 27 heavy (non-hydrogen) atoms. The number of ether oxygens (including phenoxy) is 3. The molecule has 9 nitrogen and oxygen atoms in total. The smallest absolute Gasteiger partial charge is 0.259 e. The molecule has 1 aliphatic rings. The molecule has 1 fully saturated rings. The lowest BCUT2D eigenvalue weighted by molar-refractivity contribution is 0.00239. The van der Waals surface area contributed by atoms with E-state index >= 15 is 0 Å². The molecule has 0 spiro atoms. The molecule has 0 saturated carbocycles. The lowest BCUT2D eigenvalue weighted by Crippen LogP contribution is -2.43. The highest BCUT2D eigenvalue weighted by Crippen LogP contribution is 2.23. The Labute approximate surface area is 157 Å². The summed E-state index contributed by atoms with van der Waals surface area (Å²) in [7, 11) is 3.01. The second kappa shape index (κ2) is 8.81. The second-order valence-electron chi connectivity index (χ2n) is 6.28. The summed E-state index contributed by atoms with van der Waals surface area (Å²) in [6.07, 6.45) is 2.35. The van der Waals surface area contributed by atoms with Gasteiger partial charge in [0.2, 0.25) is 17.7 Å². The average Bonchev–Trinajstić information content (AvgIpc) is 3.12. The standard InChI is InChI=1S/C18H24N4O5/c1-12-19-15(21-27-12)8-10-26-13-5-4-9-22(11-13)18(23)14-6-7-16(24-2)20-17(14)25-3/h6-7,13H,4-5,8-11H2,1-3H3. The van der Waals surface area contributed by atoms with Crippen molar-refractivity contribution >= 4 is 5.91 Å². The Hall–Kier alpha value is -2.68. The van der Waals surface area contributed by atoms with E-state index in [9.17, 15) is 4.79 Å². The maximum Gasteiger partial charge on any atom is 0.259 e. The second-order valence-corrected chi connectivity index (χ2v) is 6.28. The Kier molecular flexibility index (Phi) is 6.23. The number of carbonyl (C=O) groups excluding carboxylic acids is 1. The van der Waals surface area contributed by atoms with Gasteiger partial charge in [-0.05, 0) is 18.9 Å². The van der Waals surface area contributed by atoms with Gasteiger partial charge in [0.25, 0.3) is 5.91 Å². The molecule has 1 saturated heterocycles. The molecule has 9 heteroatoms. The first-order chi connectivity index (χ1) is 13.1. The quantitative estimate of drug-likeness (QED) is 0.719. The molecule has 0 aliphatic carbocycles. The molecule has 2 aromatic rings. The summed E-state index contributed by atoms with van der Waals surface area (Å²) >= 11 is 0. The van der Waals surface area contributed by atoms with Gasteiger partial charge in [-0.1, -0.05) is 5.16 Å². The van der Waals surface area contributed by atoms with Gasteiger partial charge in [0.05, 0.1) is 26.9 Å². The van der Waals surface area contributed by atoms with Crippen LogP contribution in [0.5, 0.6) is 11.8 Å². The molecule has 146 valence electrons. The van der Waals surface area contributed by atoms with Crippen molar-refractivity contribution in [2.45, 2.75) is 32.3 Å². The lowest BCUT2D eigenvalue weighted by Gasteiger charge is -2.32. The fourth-order valence-corrected chi connectivity index (χ4v) is 3.04. The molecule has 1 atom stereocenters. The number of likely N-dealkylation sites (tertiary alicyclic amines) is 1. The van der Waals surface area contributed by atoms with Crippen LogP contribution < -0.4 is 9.47 Å². The first-order valence-electron chi connectivity index (χ1n) is 8.89. The van der Waals surface area contributed by atoms with Gasteiger partial charge < -0.3 is 23.6 Å². The van der Waals surface area contributed by atoms with E-state index in [-0.39, 0.29) is 17.9 Å². The third kappa shape index (κ3) is 4.73. The number of rotatable bonds is 7. The fraction of sp³-hybridized carbons (Fsp3) is 0.556. The van der Waals surface area contributed by atoms with E-state index in [4.69, 9.17) is 18.7 Å². The molecular weight excluding hydrogens is 352 g/mol. The van der Waals surface area contributed by atoms with Crippen LogP contribution in [0.25, 0.3) is 0 Å². The number of hydrogen-bond donors (Lipinski definition) is 0. The Morgan fingerprint density at radius 3 is 2.85 bits per heavy atom. The zero-order valence-corrected chi connectivity index (χ0v) is 15.8. The van der Waals surface area contributed by atoms with Crippen LogP contribution in [0.3, 0.4) is 0 Å². The zero-order chi connectivity index (χ0) is 19.2. The third-order valence-corrected chi connectivity index (χ3v) is 4.38. The van der Waals surface area contributed by atoms with Crippen molar-refractivity contribution in [3.63, 3.8) is 0 Å². The maximum atomic E-state index is 12.9. The van der Waals surface area contributed by atoms with E-state index in [1.54, 1.807) is 24.0 Å². The van der Waals surface area contributed by atoms with Crippen molar-refractivity contribution in [3.05, 3.63) is 29.4 Å². The summed E-state index contributed by atoms with van der Waals surface area (Å²) in [5.74, 6) is 1.71. The van der Waals surface area contributed by atoms with E-state index in [0.29, 0.717) is 49.3 Å². The summed E-state index contributed by atoms with van der Waals surface area (Å²) in [6, 6.07) is 3.33. The number of aromatic nitrogens is 3. The number of pyridine rings is 1. The summed E-state index contributed by atoms with van der Waals surface area (Å²) in [4.78, 5) is 23.0. The number of aryl methyl sites for hydroxylation is 1. The minimum Gasteiger partial charge on any atom is -0.481 e. The molecule has 2 aromatic heterocycles. The van der Waals surface area contributed by atoms with Crippen LogP contribution in [-0.4, -0.2) is 66.0 Å². The molecule has 3 heterocycles. The molecule has 1 aliphatic heterocycles. The van der Waals surface area contributed by atoms with Gasteiger partial charge in [-0.15, -0.1) is 0 Å². The maximum absolute atomic E-state index is 12.9. The van der Waals surface area contributed by atoms with Crippen molar-refractivity contribution < 1.29 is 23.5 Å². The highest BCUT2D eigenvalue weighted by molar-refractivity contribution is 5.96. The predicted octanol–water partition coefficient (Wildman–Crippen LogP) is 1.65. The number of nitrogens with zero attached hydrogens (tertiary/aromatic N) is 4. The van der Waals surface area contributed by atoms with Crippen LogP contribution in [0, 0.1) is 6.92 Å². The van der Waals surface area contributed by atoms with E-state index in [2.05, 4.69) is 15.1 Å². The van der Waals surface area contributed by atoms with Crippen molar-refractivity contribution in [3.8, 4) is 11.8 Å². The number of carbonyl (C=O) groups is 1. The molecule has 1 unspecified atom stereocenters. The van der Waals surface area contributed by atoms with Crippen LogP contribution in [0.1, 0.15) is 34.9 Å². The number of amides is 1. The highest BCUT2D eigenvalue weighted by atomic mass is 16.5. The number of methoxy groups -OCH3 is 2. The highest BCUT2D eigenvalue weighted by Gasteiger charge is 2.27. The van der Waals surface area contributed by atoms with Crippen LogP contribution >= 0.6 is 0 Å². The Balaban J connectivity index is 1.57. The van der Waals surface area contributed by atoms with Crippen LogP contribution in [0.2, 0.25) is 0 Å². The lowest BCUT2D eigenvalue weighted by atomic mass is 10.1. The Bertz CT molecular complexity index is 779. The molecule has 0 bridgehead atoms. The first kappa shape index (κ1) is 19.1. The fourth-order valence-electron chi connectivity index (χ4n) is 3.04. The van der Waals surface area contributed by atoms with Gasteiger partial charge in [0.1, 0.15) is 5.56 Å². The van der Waals surface area contributed by atoms with Crippen LogP contribution in [0.15, 0.2) is 16.7 Å². The van der Waals surface area contributed by atoms with Gasteiger partial charge in [0, 0.05) is 32.5 Å². The molecule has 3 rings (SSSR count). The topological polar surface area (TPSA) is 99.8 Å². The molecule has 0 aromatic carbocycles. The zero-order valence-electron chi connectivity index (χ0n) is 15.8. The minimum absolute atomic E-state index is 0.0205. The molecular formula is C18H24N4O5. The van der Waals surface area contributed by atoms with E-state index < -0.39 is 0 Å². The normalized spacial score (nSPS) is 17.0. The minimum atomic E-state index is -0.121. The van der Waals surface area contributed by atoms with Crippen molar-refractivity contribution in [1.82, 2.24) is 20.0 Å². The van der Waals surface area contributed by atoms with Gasteiger partial charge in [-0.3, -0.25) is 4.79 Å². The van der Waals surface area contributed by atoms with Crippen molar-refractivity contribution in [2.24, 2.45) is 0 Å². The van der Waals surface area contributed by atoms with Crippen molar-refractivity contribution in [2.75, 3.05) is 33.9 Å². The van der Waals surface area contributed by atoms with E-state index in [1.165, 1.54) is 14.2 Å². The van der Waals surface area contributed by atoms with E-state index in [0.717, 1.165) is 12.8 Å². The van der Waals surface area contributed by atoms with Gasteiger partial charge in [-0.2, -0.15) is 9.97 Å². The summed E-state index contributed by atoms with van der Waals surface area (Å²) in [5, 5.41) is 3.85. The monoisotopic (exact) mass is 376 g/mol. The number of hydrogen-bond acceptors (Lipinski definition) is 8. The Morgan fingerprint density at radius 2 is 2.15 bits per heavy atom. The number of piperidine rings is 1. The summed E-state index contributed by atoms with van der Waals surface area (Å²) < 4.78 is 21.2. The van der Waals surface area contributed by atoms with Gasteiger partial charge in [-0.25, -0.2) is 0 Å². The molecule has 1 amide bonds. The largest absolute Gasteiger partial charge is 0.481 e. The molecule has 0 radical (unpaired) electrons. The van der Waals surface area contributed by atoms with E-state index in [1.807, 2.05) is 0 Å². The SMILES string of the molecule is COc1ccc(C(=O)N2CCCC(OCCc3noc(C)n3)C2)c(OC)n1. The summed E-state index contributed by atoms with van der Waals surface area (Å²) in [5.41, 5.74) is 0.418. The summed E-state index contributed by atoms with van der Waals surface area (Å²) in [6.45, 7) is 3.45. The average molecular weight is 376 g/mol. The third-order valence-electron chi connectivity index (χ3n) is 4.38. The van der Waals surface area contributed by atoms with Gasteiger partial charge in [0.15, 0.2) is 5.82 Å². The predicted molar refractivity (Wildman–Crippen MR) is 95.0 cm³/mol. The van der Waals surface area contributed by atoms with Crippen molar-refractivity contribution in [1.29, 1.82) is 0 Å².